The summed E-state index contributed by atoms with van der Waals surface area (Å²) < 4.78 is 0. The summed E-state index contributed by atoms with van der Waals surface area (Å²) in [5.74, 6) is 0.560. The Morgan fingerprint density at radius 1 is 1.00 bits per heavy atom. The third-order valence-corrected chi connectivity index (χ3v) is 5.29. The first kappa shape index (κ1) is 30.5. The van der Waals surface area contributed by atoms with E-state index < -0.39 is 0 Å². The number of benzene rings is 2. The van der Waals surface area contributed by atoms with E-state index in [1.54, 1.807) is 23.3 Å². The van der Waals surface area contributed by atoms with Crippen molar-refractivity contribution >= 4 is 52.6 Å². The average molecular weight is 569 g/mol. The quantitative estimate of drug-likeness (QED) is 0.203. The van der Waals surface area contributed by atoms with Crippen molar-refractivity contribution in [1.29, 1.82) is 0 Å². The van der Waals surface area contributed by atoms with Gasteiger partial charge in [0.25, 0.3) is 0 Å². The summed E-state index contributed by atoms with van der Waals surface area (Å²) in [6, 6.07) is 20.7. The molecule has 3 aromatic rings. The van der Waals surface area contributed by atoms with Gasteiger partial charge in [-0.05, 0) is 12.1 Å². The Morgan fingerprint density at radius 2 is 1.61 bits per heavy atom. The molecule has 0 nitrogen and oxygen atoms in total. The first-order chi connectivity index (χ1) is 13.7. The minimum absolute atomic E-state index is 0. The first-order valence-corrected chi connectivity index (χ1v) is 16.5. The molecule has 5 heteroatoms. The normalized spacial score (nSPS) is 14.4. The summed E-state index contributed by atoms with van der Waals surface area (Å²) in [6.07, 6.45) is 3.36. The Bertz CT molecular complexity index is 1060. The van der Waals surface area contributed by atoms with Crippen LogP contribution in [0.2, 0.25) is 18.1 Å². The maximum Gasteiger partial charge on any atom is 0.0403 e. The van der Waals surface area contributed by atoms with Crippen molar-refractivity contribution in [1.82, 2.24) is 0 Å². The zero-order chi connectivity index (χ0) is 21.6. The van der Waals surface area contributed by atoms with Crippen LogP contribution in [-0.2, 0) is 23.3 Å². The summed E-state index contributed by atoms with van der Waals surface area (Å²) in [4.78, 5) is 0. The molecule has 0 N–H and O–H groups in total. The van der Waals surface area contributed by atoms with Gasteiger partial charge in [0.2, 0.25) is 0 Å². The van der Waals surface area contributed by atoms with Gasteiger partial charge in [0.05, 0.1) is 0 Å². The van der Waals surface area contributed by atoms with Crippen LogP contribution in [0, 0.1) is 12.0 Å². The second-order valence-electron chi connectivity index (χ2n) is 7.64. The molecule has 0 spiro atoms. The van der Waals surface area contributed by atoms with Crippen molar-refractivity contribution in [2.24, 2.45) is 5.92 Å². The summed E-state index contributed by atoms with van der Waals surface area (Å²) in [5.41, 5.74) is 6.88. The minimum atomic E-state index is 0. The zero-order valence-corrected chi connectivity index (χ0v) is 24.9. The van der Waals surface area contributed by atoms with Gasteiger partial charge < -0.3 is 0 Å². The maximum atomic E-state index is 6.01. The van der Waals surface area contributed by atoms with Crippen LogP contribution in [0.3, 0.4) is 0 Å². The van der Waals surface area contributed by atoms with Gasteiger partial charge in [-0.25, -0.2) is 5.57 Å². The van der Waals surface area contributed by atoms with Crippen LogP contribution in [0.15, 0.2) is 77.4 Å². The van der Waals surface area contributed by atoms with Crippen LogP contribution < -0.4 is 0 Å². The van der Waals surface area contributed by atoms with E-state index in [0.29, 0.717) is 5.92 Å². The van der Waals surface area contributed by atoms with E-state index >= 15 is 0 Å². The van der Waals surface area contributed by atoms with Crippen LogP contribution in [0.4, 0.5) is 0 Å². The number of hydrogen-bond donors (Lipinski definition) is 0. The van der Waals surface area contributed by atoms with Gasteiger partial charge >= 0.3 is 41.9 Å². The van der Waals surface area contributed by atoms with Crippen molar-refractivity contribution in [2.45, 2.75) is 40.8 Å². The Balaban J connectivity index is 0.000000516. The Kier molecular flexibility index (Phi) is 14.4. The number of hydrogen-bond acceptors (Lipinski definition) is 0. The second kappa shape index (κ2) is 14.6. The van der Waals surface area contributed by atoms with E-state index in [4.69, 9.17) is 11.6 Å². The molecular weight excluding hydrogens is 538 g/mol. The summed E-state index contributed by atoms with van der Waals surface area (Å²) in [6.45, 7) is 13.3. The third kappa shape index (κ3) is 9.10. The Hall–Kier alpha value is -0.500. The zero-order valence-electron chi connectivity index (χ0n) is 19.0. The molecule has 0 bridgehead atoms. The fourth-order valence-electron chi connectivity index (χ4n) is 3.22. The van der Waals surface area contributed by atoms with Gasteiger partial charge in [-0.3, -0.25) is 6.08 Å². The van der Waals surface area contributed by atoms with Crippen molar-refractivity contribution in [2.75, 3.05) is 0 Å². The van der Waals surface area contributed by atoms with E-state index in [0.717, 1.165) is 5.02 Å². The molecule has 31 heavy (non-hydrogen) atoms. The van der Waals surface area contributed by atoms with Gasteiger partial charge in [0.15, 0.2) is 0 Å². The van der Waals surface area contributed by atoms with Crippen LogP contribution in [-0.4, -0.2) is 5.43 Å². The van der Waals surface area contributed by atoms with Gasteiger partial charge in [0.1, 0.15) is 0 Å². The molecule has 164 valence electrons. The number of fused-ring (bicyclic) bond motifs is 1. The first-order valence-electron chi connectivity index (χ1n) is 9.90. The summed E-state index contributed by atoms with van der Waals surface area (Å²) >= 11 is 7.75. The van der Waals surface area contributed by atoms with Crippen molar-refractivity contribution in [3.05, 3.63) is 88.5 Å². The third-order valence-electron chi connectivity index (χ3n) is 5.05. The SMILES string of the molecule is CC1=[C-]C(C)C(C)=C1C.C[Si](C)=[Zr+2].Cl.Cl.Clc1cccc(-c2c[cH-]c3ccccc23)c1. The monoisotopic (exact) mass is 566 g/mol. The average Bonchev–Trinajstić information content (AvgIpc) is 3.19. The largest absolute Gasteiger partial charge is 0.150 e. The minimum Gasteiger partial charge on any atom is -0.150 e. The summed E-state index contributed by atoms with van der Waals surface area (Å²) in [7, 11) is 0. The smallest absolute Gasteiger partial charge is 0.0403 e. The van der Waals surface area contributed by atoms with Crippen LogP contribution in [0.1, 0.15) is 27.7 Å². The molecule has 0 aromatic heterocycles. The van der Waals surface area contributed by atoms with Crippen molar-refractivity contribution < 1.29 is 23.3 Å². The molecular formula is C26H31Cl3SiZr. The maximum absolute atomic E-state index is 6.01. The topological polar surface area (TPSA) is 0 Å². The van der Waals surface area contributed by atoms with Crippen LogP contribution in [0.25, 0.3) is 21.9 Å². The summed E-state index contributed by atoms with van der Waals surface area (Å²) in [5, 5.41) is 3.34. The van der Waals surface area contributed by atoms with Crippen LogP contribution in [0.5, 0.6) is 0 Å². The Morgan fingerprint density at radius 3 is 2.10 bits per heavy atom. The van der Waals surface area contributed by atoms with Gasteiger partial charge in [0, 0.05) is 5.02 Å². The van der Waals surface area contributed by atoms with Crippen LogP contribution >= 0.6 is 36.4 Å². The van der Waals surface area contributed by atoms with E-state index in [9.17, 15) is 0 Å². The molecule has 0 aliphatic heterocycles. The van der Waals surface area contributed by atoms with E-state index in [1.165, 1.54) is 38.6 Å². The predicted octanol–water partition coefficient (Wildman–Crippen LogP) is 9.23. The fourth-order valence-corrected chi connectivity index (χ4v) is 3.41. The molecule has 0 heterocycles. The molecule has 4 rings (SSSR count). The molecule has 0 fully saturated rings. The molecule has 1 aliphatic rings. The molecule has 0 amide bonds. The van der Waals surface area contributed by atoms with E-state index in [2.05, 4.69) is 89.3 Å². The van der Waals surface area contributed by atoms with E-state index in [-0.39, 0.29) is 30.2 Å². The number of halogens is 3. The molecule has 0 radical (unpaired) electrons. The second-order valence-corrected chi connectivity index (χ2v) is 17.5. The molecule has 3 aromatic carbocycles. The number of rotatable bonds is 1. The van der Waals surface area contributed by atoms with Gasteiger partial charge in [-0.2, -0.15) is 11.1 Å². The van der Waals surface area contributed by atoms with Crippen molar-refractivity contribution in [3.63, 3.8) is 0 Å². The predicted molar refractivity (Wildman–Crippen MR) is 142 cm³/mol. The molecule has 1 atom stereocenters. The Labute approximate surface area is 220 Å². The van der Waals surface area contributed by atoms with Gasteiger partial charge in [-0.1, -0.05) is 62.1 Å². The standard InChI is InChI=1S/C15H10Cl.C9H13.C2H6Si.2ClH.Zr/c16-13-6-3-5-12(10-13)15-9-8-11-4-1-2-7-14(11)15;1-6-5-7(2)9(4)8(6)3;1-3-2;;;/h1-10H;6H,1-4H3;1-2H3;2*1H;/q2*-1;;;;+2. The number of allylic oxidation sites excluding steroid dienone is 4. The molecule has 0 saturated carbocycles. The van der Waals surface area contributed by atoms with Gasteiger partial charge in [-0.15, -0.1) is 78.4 Å². The fraction of sp³-hybridized carbons (Fsp3) is 0.269. The molecule has 1 unspecified atom stereocenters. The van der Waals surface area contributed by atoms with Crippen molar-refractivity contribution in [3.8, 4) is 11.1 Å². The molecule has 1 aliphatic carbocycles. The van der Waals surface area contributed by atoms with E-state index in [1.807, 2.05) is 18.2 Å². The molecule has 0 saturated heterocycles.